The predicted octanol–water partition coefficient (Wildman–Crippen LogP) is 5.08. The summed E-state index contributed by atoms with van der Waals surface area (Å²) in [4.78, 5) is 2.59. The Labute approximate surface area is 143 Å². The molecule has 24 heavy (non-hydrogen) atoms. The fraction of sp³-hybridized carbons (Fsp3) is 0.381. The molecule has 4 rings (SSSR count). The van der Waals surface area contributed by atoms with Gasteiger partial charge in [-0.3, -0.25) is 4.90 Å². The van der Waals surface area contributed by atoms with E-state index >= 15 is 0 Å². The molecule has 0 spiro atoms. The summed E-state index contributed by atoms with van der Waals surface area (Å²) in [6.07, 6.45) is 5.27. The summed E-state index contributed by atoms with van der Waals surface area (Å²) in [7, 11) is 0. The monoisotopic (exact) mass is 320 g/mol. The Kier molecular flexibility index (Phi) is 4.35. The second kappa shape index (κ2) is 6.78. The zero-order valence-electron chi connectivity index (χ0n) is 14.2. The first-order valence-corrected chi connectivity index (χ1v) is 8.92. The van der Waals surface area contributed by atoms with Gasteiger partial charge in [0.05, 0.1) is 5.69 Å². The number of fused-ring (bicyclic) bond motifs is 1. The minimum atomic E-state index is 0.654. The van der Waals surface area contributed by atoms with Crippen LogP contribution in [0.2, 0.25) is 0 Å². The van der Waals surface area contributed by atoms with Gasteiger partial charge in [0.2, 0.25) is 0 Å². The molecule has 1 fully saturated rings. The molecule has 3 nitrogen and oxygen atoms in total. The summed E-state index contributed by atoms with van der Waals surface area (Å²) in [5, 5.41) is 6.89. The van der Waals surface area contributed by atoms with Crippen LogP contribution in [0.25, 0.3) is 10.8 Å². The zero-order chi connectivity index (χ0) is 16.4. The molecule has 1 aliphatic carbocycles. The van der Waals surface area contributed by atoms with Crippen molar-refractivity contribution >= 4 is 10.8 Å². The summed E-state index contributed by atoms with van der Waals surface area (Å²) in [6.45, 7) is 3.80. The highest BCUT2D eigenvalue weighted by atomic mass is 16.5. The van der Waals surface area contributed by atoms with E-state index < -0.39 is 0 Å². The number of nitrogens with zero attached hydrogens (tertiary/aromatic N) is 2. The van der Waals surface area contributed by atoms with E-state index in [0.717, 1.165) is 24.5 Å². The molecule has 1 saturated carbocycles. The van der Waals surface area contributed by atoms with Crippen molar-refractivity contribution in [3.05, 3.63) is 65.5 Å². The quantitative estimate of drug-likeness (QED) is 0.656. The van der Waals surface area contributed by atoms with Crippen molar-refractivity contribution in [2.24, 2.45) is 0 Å². The van der Waals surface area contributed by atoms with E-state index in [0.29, 0.717) is 6.04 Å². The first-order valence-electron chi connectivity index (χ1n) is 8.92. The van der Waals surface area contributed by atoms with Gasteiger partial charge in [-0.25, -0.2) is 0 Å². The van der Waals surface area contributed by atoms with Crippen molar-refractivity contribution in [2.45, 2.75) is 51.7 Å². The Balaban J connectivity index is 1.62. The Morgan fingerprint density at radius 2 is 1.83 bits per heavy atom. The molecule has 0 amide bonds. The Bertz CT molecular complexity index is 812. The molecule has 3 aromatic rings. The Morgan fingerprint density at radius 1 is 1.04 bits per heavy atom. The molecule has 3 heteroatoms. The highest BCUT2D eigenvalue weighted by molar-refractivity contribution is 5.85. The van der Waals surface area contributed by atoms with Crippen LogP contribution in [0.5, 0.6) is 0 Å². The second-order valence-electron chi connectivity index (χ2n) is 6.91. The number of hydrogen-bond donors (Lipinski definition) is 0. The maximum absolute atomic E-state index is 5.27. The second-order valence-corrected chi connectivity index (χ2v) is 6.91. The highest BCUT2D eigenvalue weighted by Crippen LogP contribution is 2.28. The lowest BCUT2D eigenvalue weighted by atomic mass is 10.0. The van der Waals surface area contributed by atoms with Crippen molar-refractivity contribution in [3.63, 3.8) is 0 Å². The molecule has 0 radical (unpaired) electrons. The maximum atomic E-state index is 5.27. The number of aryl methyl sites for hydroxylation is 1. The molecule has 1 heterocycles. The Morgan fingerprint density at radius 3 is 2.62 bits per heavy atom. The average Bonchev–Trinajstić information content (AvgIpc) is 3.26. The average molecular weight is 320 g/mol. The van der Waals surface area contributed by atoms with Crippen LogP contribution in [0.1, 0.15) is 42.7 Å². The Hall–Kier alpha value is -2.13. The van der Waals surface area contributed by atoms with E-state index in [1.165, 1.54) is 42.0 Å². The number of rotatable bonds is 5. The number of aromatic nitrogens is 1. The first kappa shape index (κ1) is 15.4. The molecule has 1 aliphatic rings. The smallest absolute Gasteiger partial charge is 0.133 e. The van der Waals surface area contributed by atoms with Gasteiger partial charge in [0, 0.05) is 25.2 Å². The topological polar surface area (TPSA) is 29.3 Å². The third kappa shape index (κ3) is 3.22. The fourth-order valence-electron chi connectivity index (χ4n) is 3.93. The van der Waals surface area contributed by atoms with Gasteiger partial charge in [-0.1, -0.05) is 60.5 Å². The SMILES string of the molecule is Cc1cc(CN(Cc2cccc3ccccc23)C2CCCC2)no1. The summed E-state index contributed by atoms with van der Waals surface area (Å²) in [6, 6.07) is 18.0. The zero-order valence-corrected chi connectivity index (χ0v) is 14.2. The predicted molar refractivity (Wildman–Crippen MR) is 96.7 cm³/mol. The van der Waals surface area contributed by atoms with Crippen LogP contribution in [0.15, 0.2) is 53.1 Å². The van der Waals surface area contributed by atoms with Crippen molar-refractivity contribution < 1.29 is 4.52 Å². The fourth-order valence-corrected chi connectivity index (χ4v) is 3.93. The first-order chi connectivity index (χ1) is 11.8. The van der Waals surface area contributed by atoms with Gasteiger partial charge in [-0.05, 0) is 36.1 Å². The van der Waals surface area contributed by atoms with Crippen LogP contribution >= 0.6 is 0 Å². The minimum Gasteiger partial charge on any atom is -0.361 e. The van der Waals surface area contributed by atoms with Gasteiger partial charge in [0.25, 0.3) is 0 Å². The van der Waals surface area contributed by atoms with E-state index in [9.17, 15) is 0 Å². The minimum absolute atomic E-state index is 0.654. The van der Waals surface area contributed by atoms with Gasteiger partial charge in [-0.15, -0.1) is 0 Å². The van der Waals surface area contributed by atoms with Gasteiger partial charge in [-0.2, -0.15) is 0 Å². The van der Waals surface area contributed by atoms with E-state index in [2.05, 4.69) is 58.6 Å². The van der Waals surface area contributed by atoms with Crippen molar-refractivity contribution in [1.82, 2.24) is 10.1 Å². The normalized spacial score (nSPS) is 15.6. The molecule has 0 atom stereocenters. The largest absolute Gasteiger partial charge is 0.361 e. The van der Waals surface area contributed by atoms with Gasteiger partial charge < -0.3 is 4.52 Å². The summed E-state index contributed by atoms with van der Waals surface area (Å²) < 4.78 is 5.27. The van der Waals surface area contributed by atoms with Gasteiger partial charge in [0.15, 0.2) is 0 Å². The van der Waals surface area contributed by atoms with Crippen LogP contribution in [-0.4, -0.2) is 16.1 Å². The van der Waals surface area contributed by atoms with Crippen LogP contribution in [-0.2, 0) is 13.1 Å². The molecule has 0 N–H and O–H groups in total. The van der Waals surface area contributed by atoms with Crippen LogP contribution < -0.4 is 0 Å². The molecule has 1 aromatic heterocycles. The third-order valence-corrected chi connectivity index (χ3v) is 5.14. The number of hydrogen-bond acceptors (Lipinski definition) is 3. The molecular weight excluding hydrogens is 296 g/mol. The van der Waals surface area contributed by atoms with Crippen molar-refractivity contribution in [3.8, 4) is 0 Å². The lowest BCUT2D eigenvalue weighted by Crippen LogP contribution is -2.32. The van der Waals surface area contributed by atoms with Gasteiger partial charge >= 0.3 is 0 Å². The lowest BCUT2D eigenvalue weighted by molar-refractivity contribution is 0.176. The maximum Gasteiger partial charge on any atom is 0.133 e. The standard InChI is InChI=1S/C21H24N2O/c1-16-13-19(22-24-16)15-23(20-10-3-4-11-20)14-18-9-6-8-17-7-2-5-12-21(17)18/h2,5-9,12-13,20H,3-4,10-11,14-15H2,1H3. The highest BCUT2D eigenvalue weighted by Gasteiger charge is 2.24. The summed E-state index contributed by atoms with van der Waals surface area (Å²) >= 11 is 0. The van der Waals surface area contributed by atoms with E-state index in [4.69, 9.17) is 4.52 Å². The number of benzene rings is 2. The van der Waals surface area contributed by atoms with Crippen LogP contribution in [0, 0.1) is 6.92 Å². The van der Waals surface area contributed by atoms with E-state index in [1.54, 1.807) is 0 Å². The summed E-state index contributed by atoms with van der Waals surface area (Å²) in [5.74, 6) is 0.890. The molecule has 0 bridgehead atoms. The third-order valence-electron chi connectivity index (χ3n) is 5.14. The molecule has 2 aromatic carbocycles. The molecule has 124 valence electrons. The van der Waals surface area contributed by atoms with Crippen molar-refractivity contribution in [2.75, 3.05) is 0 Å². The van der Waals surface area contributed by atoms with Crippen LogP contribution in [0.3, 0.4) is 0 Å². The van der Waals surface area contributed by atoms with Crippen LogP contribution in [0.4, 0.5) is 0 Å². The molecular formula is C21H24N2O. The van der Waals surface area contributed by atoms with Gasteiger partial charge in [0.1, 0.15) is 5.76 Å². The molecule has 0 saturated heterocycles. The molecule has 0 unspecified atom stereocenters. The van der Waals surface area contributed by atoms with E-state index in [1.807, 2.05) is 6.92 Å². The molecule has 0 aliphatic heterocycles. The van der Waals surface area contributed by atoms with Crippen molar-refractivity contribution in [1.29, 1.82) is 0 Å². The lowest BCUT2D eigenvalue weighted by Gasteiger charge is -2.28. The van der Waals surface area contributed by atoms with E-state index in [-0.39, 0.29) is 0 Å². The summed E-state index contributed by atoms with van der Waals surface area (Å²) in [5.41, 5.74) is 2.44.